The van der Waals surface area contributed by atoms with Crippen molar-refractivity contribution in [2.24, 2.45) is 5.41 Å². The van der Waals surface area contributed by atoms with Gasteiger partial charge in [0.1, 0.15) is 11.5 Å². The Morgan fingerprint density at radius 1 is 1.22 bits per heavy atom. The Labute approximate surface area is 183 Å². The molecule has 4 rings (SSSR count). The van der Waals surface area contributed by atoms with Gasteiger partial charge in [-0.3, -0.25) is 14.7 Å². The molecule has 1 spiro atoms. The van der Waals surface area contributed by atoms with Gasteiger partial charge in [-0.15, -0.1) is 0 Å². The molecule has 1 aliphatic heterocycles. The quantitative estimate of drug-likeness (QED) is 0.757. The van der Waals surface area contributed by atoms with Gasteiger partial charge < -0.3 is 14.4 Å². The number of hydrogen-bond donors (Lipinski definition) is 1. The SMILES string of the molecule is CN(Cc1ccco1)C1CCC12CCN(C(=O)c1ccccn1)CC2.O=C(O)C(F)(F)F. The third-order valence-corrected chi connectivity index (χ3v) is 6.31. The van der Waals surface area contributed by atoms with Crippen molar-refractivity contribution >= 4 is 11.9 Å². The molecule has 1 saturated heterocycles. The molecule has 32 heavy (non-hydrogen) atoms. The molecule has 0 aromatic carbocycles. The van der Waals surface area contributed by atoms with Crippen LogP contribution < -0.4 is 0 Å². The van der Waals surface area contributed by atoms with E-state index in [0.29, 0.717) is 17.2 Å². The molecule has 1 amide bonds. The highest BCUT2D eigenvalue weighted by molar-refractivity contribution is 5.92. The highest BCUT2D eigenvalue weighted by Crippen LogP contribution is 2.51. The topological polar surface area (TPSA) is 86.9 Å². The maximum atomic E-state index is 12.6. The Hall–Kier alpha value is -2.88. The molecule has 1 N–H and O–H groups in total. The second-order valence-corrected chi connectivity index (χ2v) is 8.22. The minimum atomic E-state index is -5.08. The summed E-state index contributed by atoms with van der Waals surface area (Å²) in [6, 6.07) is 10.1. The summed E-state index contributed by atoms with van der Waals surface area (Å²) in [6.07, 6.45) is 3.01. The zero-order chi connectivity index (χ0) is 23.4. The Morgan fingerprint density at radius 2 is 1.91 bits per heavy atom. The fourth-order valence-corrected chi connectivity index (χ4v) is 4.52. The largest absolute Gasteiger partial charge is 0.490 e. The van der Waals surface area contributed by atoms with E-state index in [1.54, 1.807) is 18.5 Å². The van der Waals surface area contributed by atoms with Crippen molar-refractivity contribution in [3.8, 4) is 0 Å². The maximum Gasteiger partial charge on any atom is 0.490 e. The summed E-state index contributed by atoms with van der Waals surface area (Å²) in [6.45, 7) is 2.52. The number of carboxylic acids is 1. The number of aromatic nitrogens is 1. The van der Waals surface area contributed by atoms with Crippen LogP contribution in [0.25, 0.3) is 0 Å². The number of furan rings is 1. The third kappa shape index (κ3) is 5.48. The van der Waals surface area contributed by atoms with Crippen LogP contribution in [0.1, 0.15) is 41.9 Å². The number of carbonyl (C=O) groups is 2. The van der Waals surface area contributed by atoms with Gasteiger partial charge in [0.15, 0.2) is 0 Å². The van der Waals surface area contributed by atoms with Crippen molar-refractivity contribution < 1.29 is 32.3 Å². The third-order valence-electron chi connectivity index (χ3n) is 6.31. The van der Waals surface area contributed by atoms with E-state index in [4.69, 9.17) is 14.3 Å². The number of pyridine rings is 1. The predicted molar refractivity (Wildman–Crippen MR) is 109 cm³/mol. The number of nitrogens with zero attached hydrogens (tertiary/aromatic N) is 3. The highest BCUT2D eigenvalue weighted by atomic mass is 19.4. The van der Waals surface area contributed by atoms with Gasteiger partial charge in [-0.25, -0.2) is 4.79 Å². The lowest BCUT2D eigenvalue weighted by atomic mass is 9.58. The van der Waals surface area contributed by atoms with E-state index < -0.39 is 12.1 Å². The number of carboxylic acid groups (broad SMARTS) is 1. The first kappa shape index (κ1) is 23.8. The number of aliphatic carboxylic acids is 1. The molecule has 174 valence electrons. The number of alkyl halides is 3. The fraction of sp³-hybridized carbons (Fsp3) is 0.500. The van der Waals surface area contributed by atoms with Crippen LogP contribution in [0.2, 0.25) is 0 Å². The molecular formula is C22H26F3N3O4. The van der Waals surface area contributed by atoms with Gasteiger partial charge in [-0.05, 0) is 62.4 Å². The minimum Gasteiger partial charge on any atom is -0.475 e. The molecule has 2 fully saturated rings. The van der Waals surface area contributed by atoms with E-state index in [0.717, 1.165) is 38.2 Å². The van der Waals surface area contributed by atoms with Crippen LogP contribution in [0.4, 0.5) is 13.2 Å². The van der Waals surface area contributed by atoms with Crippen molar-refractivity contribution in [2.45, 2.75) is 44.4 Å². The van der Waals surface area contributed by atoms with Crippen molar-refractivity contribution in [3.05, 3.63) is 54.2 Å². The summed E-state index contributed by atoms with van der Waals surface area (Å²) in [5.41, 5.74) is 0.918. The molecular weight excluding hydrogens is 427 g/mol. The number of amides is 1. The van der Waals surface area contributed by atoms with E-state index in [1.165, 1.54) is 12.8 Å². The van der Waals surface area contributed by atoms with Gasteiger partial charge in [0.2, 0.25) is 0 Å². The van der Waals surface area contributed by atoms with Gasteiger partial charge in [-0.1, -0.05) is 6.07 Å². The van der Waals surface area contributed by atoms with Crippen LogP contribution in [0, 0.1) is 5.41 Å². The summed E-state index contributed by atoms with van der Waals surface area (Å²) in [5.74, 6) is -1.67. The highest BCUT2D eigenvalue weighted by Gasteiger charge is 2.50. The van der Waals surface area contributed by atoms with Gasteiger partial charge in [0.05, 0.1) is 12.8 Å². The summed E-state index contributed by atoms with van der Waals surface area (Å²) in [4.78, 5) is 30.1. The maximum absolute atomic E-state index is 12.6. The molecule has 0 radical (unpaired) electrons. The van der Waals surface area contributed by atoms with Gasteiger partial charge >= 0.3 is 12.1 Å². The monoisotopic (exact) mass is 453 g/mol. The molecule has 0 bridgehead atoms. The number of piperidine rings is 1. The van der Waals surface area contributed by atoms with E-state index in [9.17, 15) is 18.0 Å². The van der Waals surface area contributed by atoms with E-state index in [2.05, 4.69) is 16.9 Å². The molecule has 1 unspecified atom stereocenters. The lowest BCUT2D eigenvalue weighted by Crippen LogP contribution is -2.58. The summed E-state index contributed by atoms with van der Waals surface area (Å²) >= 11 is 0. The molecule has 2 aromatic heterocycles. The van der Waals surface area contributed by atoms with Gasteiger partial charge in [0.25, 0.3) is 5.91 Å². The van der Waals surface area contributed by atoms with Crippen LogP contribution in [0.5, 0.6) is 0 Å². The predicted octanol–water partition coefficient (Wildman–Crippen LogP) is 3.82. The number of hydrogen-bond acceptors (Lipinski definition) is 5. The van der Waals surface area contributed by atoms with E-state index >= 15 is 0 Å². The van der Waals surface area contributed by atoms with Crippen molar-refractivity contribution in [3.63, 3.8) is 0 Å². The lowest BCUT2D eigenvalue weighted by Gasteiger charge is -2.56. The lowest BCUT2D eigenvalue weighted by molar-refractivity contribution is -0.192. The Bertz CT molecular complexity index is 895. The molecule has 2 aliphatic rings. The normalized spacial score (nSPS) is 19.8. The molecule has 2 aromatic rings. The first-order chi connectivity index (χ1) is 15.1. The van der Waals surface area contributed by atoms with Crippen molar-refractivity contribution in [1.29, 1.82) is 0 Å². The number of halogens is 3. The zero-order valence-electron chi connectivity index (χ0n) is 17.7. The second-order valence-electron chi connectivity index (χ2n) is 8.22. The van der Waals surface area contributed by atoms with Crippen LogP contribution in [-0.4, -0.2) is 64.1 Å². The van der Waals surface area contributed by atoms with E-state index in [1.807, 2.05) is 29.2 Å². The minimum absolute atomic E-state index is 0.0651. The second kappa shape index (κ2) is 9.72. The van der Waals surface area contributed by atoms with Crippen molar-refractivity contribution in [2.75, 3.05) is 20.1 Å². The smallest absolute Gasteiger partial charge is 0.475 e. The van der Waals surface area contributed by atoms with Crippen LogP contribution in [-0.2, 0) is 11.3 Å². The molecule has 7 nitrogen and oxygen atoms in total. The number of likely N-dealkylation sites (tertiary alicyclic amines) is 1. The average molecular weight is 453 g/mol. The van der Waals surface area contributed by atoms with Crippen LogP contribution in [0.3, 0.4) is 0 Å². The standard InChI is InChI=1S/C20H25N3O2.C2HF3O2/c1-22(15-16-5-4-14-25-16)18-7-8-20(18)9-12-23(13-10-20)19(24)17-6-2-3-11-21-17;3-2(4,5)1(6)7/h2-6,11,14,18H,7-10,12-13,15H2,1H3;(H,6,7). The van der Waals surface area contributed by atoms with Gasteiger partial charge in [0, 0.05) is 25.3 Å². The zero-order valence-corrected chi connectivity index (χ0v) is 17.7. The summed E-state index contributed by atoms with van der Waals surface area (Å²) < 4.78 is 37.2. The van der Waals surface area contributed by atoms with E-state index in [-0.39, 0.29) is 5.91 Å². The number of rotatable bonds is 4. The van der Waals surface area contributed by atoms with Crippen LogP contribution in [0.15, 0.2) is 47.2 Å². The Kier molecular flexibility index (Phi) is 7.22. The Morgan fingerprint density at radius 3 is 2.38 bits per heavy atom. The summed E-state index contributed by atoms with van der Waals surface area (Å²) in [7, 11) is 2.19. The molecule has 10 heteroatoms. The van der Waals surface area contributed by atoms with Crippen LogP contribution >= 0.6 is 0 Å². The number of carbonyl (C=O) groups excluding carboxylic acids is 1. The Balaban J connectivity index is 0.000000360. The first-order valence-corrected chi connectivity index (χ1v) is 10.4. The fourth-order valence-electron chi connectivity index (χ4n) is 4.52. The average Bonchev–Trinajstić information content (AvgIpc) is 3.26. The molecule has 1 saturated carbocycles. The molecule has 3 heterocycles. The molecule has 1 atom stereocenters. The first-order valence-electron chi connectivity index (χ1n) is 10.4. The molecule has 1 aliphatic carbocycles. The van der Waals surface area contributed by atoms with Gasteiger partial charge in [-0.2, -0.15) is 13.2 Å². The summed E-state index contributed by atoms with van der Waals surface area (Å²) in [5, 5.41) is 7.12. The van der Waals surface area contributed by atoms with Crippen molar-refractivity contribution in [1.82, 2.24) is 14.8 Å².